The van der Waals surface area contributed by atoms with Crippen LogP contribution in [0.2, 0.25) is 10.0 Å². The molecule has 5 nitrogen and oxygen atoms in total. The fourth-order valence-corrected chi connectivity index (χ4v) is 3.92. The van der Waals surface area contributed by atoms with Gasteiger partial charge in [0.15, 0.2) is 22.4 Å². The van der Waals surface area contributed by atoms with E-state index in [0.29, 0.717) is 32.2 Å². The van der Waals surface area contributed by atoms with Gasteiger partial charge in [0.05, 0.1) is 13.2 Å². The van der Waals surface area contributed by atoms with Crippen molar-refractivity contribution in [1.29, 1.82) is 0 Å². The van der Waals surface area contributed by atoms with Crippen LogP contribution in [0.3, 0.4) is 0 Å². The van der Waals surface area contributed by atoms with Gasteiger partial charge in [0, 0.05) is 26.9 Å². The van der Waals surface area contributed by atoms with Crippen LogP contribution in [0.5, 0.6) is 11.5 Å². The van der Waals surface area contributed by atoms with E-state index in [1.54, 1.807) is 25.3 Å². The number of halogens is 2. The van der Waals surface area contributed by atoms with Gasteiger partial charge in [-0.05, 0) is 55.9 Å². The summed E-state index contributed by atoms with van der Waals surface area (Å²) in [6.07, 6.45) is 0. The monoisotopic (exact) mass is 450 g/mol. The molecule has 1 atom stereocenters. The van der Waals surface area contributed by atoms with Gasteiger partial charge >= 0.3 is 0 Å². The topological polar surface area (TPSA) is 59.6 Å². The summed E-state index contributed by atoms with van der Waals surface area (Å²) in [4.78, 5) is 12.2. The molecule has 1 unspecified atom stereocenters. The summed E-state index contributed by atoms with van der Waals surface area (Å²) in [5.74, 6) is 1.06. The van der Waals surface area contributed by atoms with Crippen molar-refractivity contribution in [2.45, 2.75) is 26.5 Å². The predicted molar refractivity (Wildman–Crippen MR) is 119 cm³/mol. The minimum absolute atomic E-state index is 0.0355. The maximum atomic E-state index is 12.2. The first-order valence-electron chi connectivity index (χ1n) is 8.84. The van der Waals surface area contributed by atoms with E-state index in [2.05, 4.69) is 10.6 Å². The van der Waals surface area contributed by atoms with Crippen molar-refractivity contribution in [3.05, 3.63) is 68.8 Å². The molecule has 0 saturated heterocycles. The highest BCUT2D eigenvalue weighted by Gasteiger charge is 2.28. The van der Waals surface area contributed by atoms with E-state index < -0.39 is 0 Å². The molecule has 8 heteroatoms. The number of allylic oxidation sites excluding steroid dienone is 1. The van der Waals surface area contributed by atoms with Crippen molar-refractivity contribution < 1.29 is 14.3 Å². The second kappa shape index (κ2) is 9.03. The van der Waals surface area contributed by atoms with Gasteiger partial charge in [-0.1, -0.05) is 35.3 Å². The Hall–Kier alpha value is -2.28. The van der Waals surface area contributed by atoms with Crippen LogP contribution in [0, 0.1) is 0 Å². The first-order valence-corrected chi connectivity index (χ1v) is 10.0. The fourth-order valence-electron chi connectivity index (χ4n) is 3.19. The smallest absolute Gasteiger partial charge is 0.171 e. The van der Waals surface area contributed by atoms with E-state index in [1.165, 1.54) is 6.92 Å². The minimum atomic E-state index is -0.366. The van der Waals surface area contributed by atoms with Crippen LogP contribution in [0.4, 0.5) is 0 Å². The number of nitrogens with one attached hydrogen (secondary N) is 2. The normalized spacial score (nSPS) is 16.2. The minimum Gasteiger partial charge on any atom is -0.493 e. The number of hydrogen-bond acceptors (Lipinski definition) is 4. The molecule has 1 aliphatic rings. The molecule has 0 saturated carbocycles. The van der Waals surface area contributed by atoms with Gasteiger partial charge in [-0.25, -0.2) is 0 Å². The summed E-state index contributed by atoms with van der Waals surface area (Å²) in [7, 11) is 1.56. The van der Waals surface area contributed by atoms with E-state index in [1.807, 2.05) is 25.1 Å². The Morgan fingerprint density at radius 2 is 1.93 bits per heavy atom. The highest BCUT2D eigenvalue weighted by molar-refractivity contribution is 7.80. The highest BCUT2D eigenvalue weighted by Crippen LogP contribution is 2.35. The summed E-state index contributed by atoms with van der Waals surface area (Å²) in [6.45, 7) is 3.63. The molecule has 2 aromatic rings. The van der Waals surface area contributed by atoms with Crippen LogP contribution in [0.1, 0.15) is 31.0 Å². The van der Waals surface area contributed by atoms with Gasteiger partial charge in [0.25, 0.3) is 0 Å². The van der Waals surface area contributed by atoms with E-state index in [9.17, 15) is 4.79 Å². The van der Waals surface area contributed by atoms with E-state index in [0.717, 1.165) is 16.8 Å². The molecule has 2 N–H and O–H groups in total. The molecule has 1 aliphatic heterocycles. The lowest BCUT2D eigenvalue weighted by Gasteiger charge is -2.30. The number of rotatable bonds is 6. The average Bonchev–Trinajstić information content (AvgIpc) is 2.66. The number of ether oxygens (including phenoxy) is 2. The van der Waals surface area contributed by atoms with E-state index in [4.69, 9.17) is 44.9 Å². The van der Waals surface area contributed by atoms with Gasteiger partial charge in [-0.2, -0.15) is 0 Å². The highest BCUT2D eigenvalue weighted by atomic mass is 35.5. The molecule has 29 heavy (non-hydrogen) atoms. The van der Waals surface area contributed by atoms with Crippen molar-refractivity contribution in [2.24, 2.45) is 0 Å². The van der Waals surface area contributed by atoms with Crippen molar-refractivity contribution in [1.82, 2.24) is 10.6 Å². The molecular weight excluding hydrogens is 431 g/mol. The van der Waals surface area contributed by atoms with Gasteiger partial charge in [-0.3, -0.25) is 4.79 Å². The Bertz CT molecular complexity index is 1010. The molecule has 0 amide bonds. The third-order valence-electron chi connectivity index (χ3n) is 4.57. The average molecular weight is 451 g/mol. The molecule has 0 radical (unpaired) electrons. The zero-order chi connectivity index (χ0) is 21.1. The Morgan fingerprint density at radius 1 is 1.17 bits per heavy atom. The number of carbonyl (C=O) groups is 1. The largest absolute Gasteiger partial charge is 0.493 e. The second-order valence-electron chi connectivity index (χ2n) is 6.56. The van der Waals surface area contributed by atoms with Gasteiger partial charge in [-0.15, -0.1) is 0 Å². The lowest BCUT2D eigenvalue weighted by molar-refractivity contribution is -0.114. The number of methoxy groups -OCH3 is 1. The van der Waals surface area contributed by atoms with Gasteiger partial charge in [0.2, 0.25) is 0 Å². The number of ketones is 1. The third kappa shape index (κ3) is 4.83. The Labute approximate surface area is 185 Å². The van der Waals surface area contributed by atoms with E-state index >= 15 is 0 Å². The molecule has 3 rings (SSSR count). The van der Waals surface area contributed by atoms with Crippen LogP contribution in [-0.2, 0) is 11.4 Å². The first kappa shape index (κ1) is 21.4. The molecule has 0 bridgehead atoms. The van der Waals surface area contributed by atoms with Gasteiger partial charge in [0.1, 0.15) is 6.61 Å². The zero-order valence-electron chi connectivity index (χ0n) is 16.1. The number of carbonyl (C=O) groups excluding carboxylic acids is 1. The molecule has 2 aromatic carbocycles. The molecule has 0 spiro atoms. The number of hydrogen-bond donors (Lipinski definition) is 2. The Kier molecular flexibility index (Phi) is 6.67. The zero-order valence-corrected chi connectivity index (χ0v) is 18.5. The number of Topliss-reactive ketones (excluding diaryl/α,β-unsaturated/α-hetero) is 1. The Morgan fingerprint density at radius 3 is 2.59 bits per heavy atom. The first-order chi connectivity index (χ1) is 13.8. The second-order valence-corrected chi connectivity index (χ2v) is 7.81. The maximum absolute atomic E-state index is 12.2. The molecule has 0 fully saturated rings. The maximum Gasteiger partial charge on any atom is 0.171 e. The molecular formula is C21H20Cl2N2O3S. The third-order valence-corrected chi connectivity index (χ3v) is 5.37. The van der Waals surface area contributed by atoms with Crippen LogP contribution in [0.25, 0.3) is 0 Å². The molecule has 0 aromatic heterocycles. The summed E-state index contributed by atoms with van der Waals surface area (Å²) in [5.41, 5.74) is 3.02. The van der Waals surface area contributed by atoms with Crippen LogP contribution in [-0.4, -0.2) is 18.0 Å². The number of thiocarbonyl (C=S) groups is 1. The summed E-state index contributed by atoms with van der Waals surface area (Å²) in [5, 5.41) is 7.72. The van der Waals surface area contributed by atoms with Crippen LogP contribution < -0.4 is 20.1 Å². The van der Waals surface area contributed by atoms with Gasteiger partial charge < -0.3 is 20.1 Å². The van der Waals surface area contributed by atoms with E-state index in [-0.39, 0.29) is 18.4 Å². The Balaban J connectivity index is 1.87. The SMILES string of the molecule is COc1cc(C2NC(=S)NC(C)=C2C(C)=O)ccc1OCc1ccc(Cl)cc1Cl. The summed E-state index contributed by atoms with van der Waals surface area (Å²) in [6, 6.07) is 10.4. The lowest BCUT2D eigenvalue weighted by atomic mass is 9.93. The predicted octanol–water partition coefficient (Wildman–Crippen LogP) is 4.96. The van der Waals surface area contributed by atoms with Crippen LogP contribution >= 0.6 is 35.4 Å². The van der Waals surface area contributed by atoms with Crippen molar-refractivity contribution in [2.75, 3.05) is 7.11 Å². The molecule has 0 aliphatic carbocycles. The van der Waals surface area contributed by atoms with Crippen molar-refractivity contribution >= 4 is 46.3 Å². The standard InChI is InChI=1S/C21H20Cl2N2O3S/c1-11-19(12(2)26)20(25-21(29)24-11)13-5-7-17(18(8-13)27-3)28-10-14-4-6-15(22)9-16(14)23/h4-9,20H,10H2,1-3H3,(H2,24,25,29). The quantitative estimate of drug-likeness (QED) is 0.606. The van der Waals surface area contributed by atoms with Crippen molar-refractivity contribution in [3.8, 4) is 11.5 Å². The summed E-state index contributed by atoms with van der Waals surface area (Å²) >= 11 is 17.4. The summed E-state index contributed by atoms with van der Waals surface area (Å²) < 4.78 is 11.4. The lowest BCUT2D eigenvalue weighted by Crippen LogP contribution is -2.44. The van der Waals surface area contributed by atoms with Crippen molar-refractivity contribution in [3.63, 3.8) is 0 Å². The fraction of sp³-hybridized carbons (Fsp3) is 0.238. The van der Waals surface area contributed by atoms with Crippen LogP contribution in [0.15, 0.2) is 47.7 Å². The molecule has 152 valence electrons. The molecule has 1 heterocycles. The number of benzene rings is 2.